The van der Waals surface area contributed by atoms with Crippen LogP contribution in [-0.2, 0) is 0 Å². The molecule has 0 unspecified atom stereocenters. The van der Waals surface area contributed by atoms with Gasteiger partial charge in [0.25, 0.3) is 0 Å². The molecule has 1 aliphatic heterocycles. The van der Waals surface area contributed by atoms with Gasteiger partial charge in [-0.05, 0) is 49.3 Å². The van der Waals surface area contributed by atoms with Gasteiger partial charge in [-0.2, -0.15) is 0 Å². The Morgan fingerprint density at radius 1 is 0.952 bits per heavy atom. The van der Waals surface area contributed by atoms with E-state index in [0.717, 1.165) is 31.5 Å². The zero-order valence-corrected chi connectivity index (χ0v) is 12.9. The molecular formula is C18H28N2O. The first-order chi connectivity index (χ1) is 10.3. The van der Waals surface area contributed by atoms with E-state index in [-0.39, 0.29) is 6.04 Å². The molecule has 3 nitrogen and oxygen atoms in total. The summed E-state index contributed by atoms with van der Waals surface area (Å²) in [4.78, 5) is 2.42. The minimum Gasteiger partial charge on any atom is -0.391 e. The third-order valence-electron chi connectivity index (χ3n) is 5.25. The number of anilines is 1. The standard InChI is InChI=1S/C18H28N2O/c19-17(18(21)15-6-2-1-3-7-15)14-8-10-16(11-9-14)20-12-4-5-13-20/h8-11,15,17-18,21H,1-7,12-13,19H2/t17-,18+/m0/s1. The van der Waals surface area contributed by atoms with Crippen LogP contribution in [0.1, 0.15) is 56.6 Å². The van der Waals surface area contributed by atoms with Gasteiger partial charge in [-0.1, -0.05) is 31.4 Å². The Morgan fingerprint density at radius 2 is 1.57 bits per heavy atom. The number of nitrogens with two attached hydrogens (primary N) is 1. The van der Waals surface area contributed by atoms with Gasteiger partial charge in [-0.15, -0.1) is 0 Å². The SMILES string of the molecule is N[C@@H](c1ccc(N2CCCC2)cc1)[C@H](O)C1CCCCC1. The molecule has 2 atom stereocenters. The summed E-state index contributed by atoms with van der Waals surface area (Å²) in [6.07, 6.45) is 8.22. The van der Waals surface area contributed by atoms with Crippen LogP contribution in [0, 0.1) is 5.92 Å². The van der Waals surface area contributed by atoms with E-state index in [9.17, 15) is 5.11 Å². The first kappa shape index (κ1) is 14.9. The van der Waals surface area contributed by atoms with Crippen molar-refractivity contribution >= 4 is 5.69 Å². The Kier molecular flexibility index (Phi) is 4.81. The van der Waals surface area contributed by atoms with Crippen molar-refractivity contribution in [2.45, 2.75) is 57.1 Å². The summed E-state index contributed by atoms with van der Waals surface area (Å²) in [7, 11) is 0. The molecule has 0 bridgehead atoms. The van der Waals surface area contributed by atoms with E-state index in [1.54, 1.807) is 0 Å². The maximum absolute atomic E-state index is 10.5. The lowest BCUT2D eigenvalue weighted by molar-refractivity contribution is 0.0618. The highest BCUT2D eigenvalue weighted by molar-refractivity contribution is 5.48. The predicted molar refractivity (Wildman–Crippen MR) is 87.4 cm³/mol. The number of rotatable bonds is 4. The molecule has 3 rings (SSSR count). The van der Waals surface area contributed by atoms with Crippen molar-refractivity contribution in [3.05, 3.63) is 29.8 Å². The third kappa shape index (κ3) is 3.41. The first-order valence-electron chi connectivity index (χ1n) is 8.54. The van der Waals surface area contributed by atoms with E-state index in [0.29, 0.717) is 5.92 Å². The van der Waals surface area contributed by atoms with Gasteiger partial charge in [-0.25, -0.2) is 0 Å². The van der Waals surface area contributed by atoms with Gasteiger partial charge in [0.15, 0.2) is 0 Å². The van der Waals surface area contributed by atoms with Gasteiger partial charge < -0.3 is 15.7 Å². The molecule has 0 spiro atoms. The Hall–Kier alpha value is -1.06. The molecule has 1 aliphatic carbocycles. The molecule has 1 saturated heterocycles. The van der Waals surface area contributed by atoms with Crippen molar-refractivity contribution in [1.82, 2.24) is 0 Å². The van der Waals surface area contributed by atoms with Crippen molar-refractivity contribution in [3.63, 3.8) is 0 Å². The zero-order valence-electron chi connectivity index (χ0n) is 12.9. The monoisotopic (exact) mass is 288 g/mol. The number of nitrogens with zero attached hydrogens (tertiary/aromatic N) is 1. The molecule has 116 valence electrons. The van der Waals surface area contributed by atoms with Crippen LogP contribution in [0.3, 0.4) is 0 Å². The Morgan fingerprint density at radius 3 is 2.19 bits per heavy atom. The van der Waals surface area contributed by atoms with Crippen LogP contribution in [0.15, 0.2) is 24.3 Å². The van der Waals surface area contributed by atoms with Crippen molar-refractivity contribution in [1.29, 1.82) is 0 Å². The highest BCUT2D eigenvalue weighted by atomic mass is 16.3. The van der Waals surface area contributed by atoms with E-state index in [4.69, 9.17) is 5.73 Å². The van der Waals surface area contributed by atoms with Crippen LogP contribution in [0.25, 0.3) is 0 Å². The second-order valence-electron chi connectivity index (χ2n) is 6.70. The van der Waals surface area contributed by atoms with Crippen LogP contribution in [0.5, 0.6) is 0 Å². The van der Waals surface area contributed by atoms with Crippen LogP contribution in [0.2, 0.25) is 0 Å². The highest BCUT2D eigenvalue weighted by Crippen LogP contribution is 2.32. The van der Waals surface area contributed by atoms with E-state index in [1.807, 2.05) is 0 Å². The number of aliphatic hydroxyl groups excluding tert-OH is 1. The van der Waals surface area contributed by atoms with Crippen LogP contribution in [-0.4, -0.2) is 24.3 Å². The molecule has 3 N–H and O–H groups in total. The van der Waals surface area contributed by atoms with E-state index in [1.165, 1.54) is 37.8 Å². The lowest BCUT2D eigenvalue weighted by Gasteiger charge is -2.30. The van der Waals surface area contributed by atoms with Crippen LogP contribution >= 0.6 is 0 Å². The summed E-state index contributed by atoms with van der Waals surface area (Å²) >= 11 is 0. The van der Waals surface area contributed by atoms with E-state index in [2.05, 4.69) is 29.2 Å². The van der Waals surface area contributed by atoms with Gasteiger partial charge in [0.05, 0.1) is 12.1 Å². The van der Waals surface area contributed by atoms with Crippen LogP contribution in [0.4, 0.5) is 5.69 Å². The average Bonchev–Trinajstić information content (AvgIpc) is 3.09. The molecule has 3 heteroatoms. The zero-order chi connectivity index (χ0) is 14.7. The quantitative estimate of drug-likeness (QED) is 0.894. The van der Waals surface area contributed by atoms with E-state index < -0.39 is 6.10 Å². The minimum atomic E-state index is -0.400. The summed E-state index contributed by atoms with van der Waals surface area (Å²) in [5.74, 6) is 0.381. The normalized spacial score (nSPS) is 23.2. The number of hydrogen-bond donors (Lipinski definition) is 2. The number of benzene rings is 1. The Bertz CT molecular complexity index is 433. The smallest absolute Gasteiger partial charge is 0.0760 e. The molecule has 1 aromatic carbocycles. The molecular weight excluding hydrogens is 260 g/mol. The van der Waals surface area contributed by atoms with Crippen molar-refractivity contribution in [2.75, 3.05) is 18.0 Å². The summed E-state index contributed by atoms with van der Waals surface area (Å²) < 4.78 is 0. The van der Waals surface area contributed by atoms with Crippen molar-refractivity contribution in [3.8, 4) is 0 Å². The molecule has 1 saturated carbocycles. The molecule has 0 radical (unpaired) electrons. The van der Waals surface area contributed by atoms with Crippen molar-refractivity contribution in [2.24, 2.45) is 11.7 Å². The Balaban J connectivity index is 1.64. The fraction of sp³-hybridized carbons (Fsp3) is 0.667. The van der Waals surface area contributed by atoms with Gasteiger partial charge in [-0.3, -0.25) is 0 Å². The minimum absolute atomic E-state index is 0.249. The van der Waals surface area contributed by atoms with E-state index >= 15 is 0 Å². The average molecular weight is 288 g/mol. The number of aliphatic hydroxyl groups is 1. The molecule has 2 fully saturated rings. The molecule has 1 heterocycles. The van der Waals surface area contributed by atoms with Crippen molar-refractivity contribution < 1.29 is 5.11 Å². The molecule has 0 amide bonds. The lowest BCUT2D eigenvalue weighted by Crippen LogP contribution is -2.34. The van der Waals surface area contributed by atoms with Gasteiger partial charge in [0, 0.05) is 18.8 Å². The predicted octanol–water partition coefficient (Wildman–Crippen LogP) is 3.23. The first-order valence-corrected chi connectivity index (χ1v) is 8.54. The maximum atomic E-state index is 10.5. The fourth-order valence-electron chi connectivity index (χ4n) is 3.85. The topological polar surface area (TPSA) is 49.5 Å². The Labute approximate surface area is 128 Å². The lowest BCUT2D eigenvalue weighted by atomic mass is 9.81. The number of hydrogen-bond acceptors (Lipinski definition) is 3. The molecule has 1 aromatic rings. The third-order valence-corrected chi connectivity index (χ3v) is 5.25. The second-order valence-corrected chi connectivity index (χ2v) is 6.70. The molecule has 21 heavy (non-hydrogen) atoms. The second kappa shape index (κ2) is 6.80. The fourth-order valence-corrected chi connectivity index (χ4v) is 3.85. The summed E-state index contributed by atoms with van der Waals surface area (Å²) in [5.41, 5.74) is 8.66. The van der Waals surface area contributed by atoms with Gasteiger partial charge in [0.2, 0.25) is 0 Å². The largest absolute Gasteiger partial charge is 0.391 e. The summed E-state index contributed by atoms with van der Waals surface area (Å²) in [5, 5.41) is 10.5. The maximum Gasteiger partial charge on any atom is 0.0760 e. The molecule has 2 aliphatic rings. The summed E-state index contributed by atoms with van der Waals surface area (Å²) in [6.45, 7) is 2.33. The van der Waals surface area contributed by atoms with Crippen LogP contribution < -0.4 is 10.6 Å². The highest BCUT2D eigenvalue weighted by Gasteiger charge is 2.27. The summed E-state index contributed by atoms with van der Waals surface area (Å²) in [6, 6.07) is 8.28. The van der Waals surface area contributed by atoms with Gasteiger partial charge >= 0.3 is 0 Å². The molecule has 0 aromatic heterocycles. The van der Waals surface area contributed by atoms with Gasteiger partial charge in [0.1, 0.15) is 0 Å².